The van der Waals surface area contributed by atoms with Crippen molar-refractivity contribution in [2.24, 2.45) is 10.9 Å². The van der Waals surface area contributed by atoms with Crippen molar-refractivity contribution in [1.29, 1.82) is 0 Å². The van der Waals surface area contributed by atoms with Gasteiger partial charge in [0.1, 0.15) is 5.84 Å². The van der Waals surface area contributed by atoms with Gasteiger partial charge in [0.15, 0.2) is 0 Å². The lowest BCUT2D eigenvalue weighted by molar-refractivity contribution is -0.132. The summed E-state index contributed by atoms with van der Waals surface area (Å²) in [6.07, 6.45) is 10.6. The summed E-state index contributed by atoms with van der Waals surface area (Å²) in [6.45, 7) is 24.1. The molecule has 1 fully saturated rings. The van der Waals surface area contributed by atoms with Crippen LogP contribution in [0.2, 0.25) is 0 Å². The maximum absolute atomic E-state index is 11.7. The minimum absolute atomic E-state index is 0.0135. The normalized spacial score (nSPS) is 17.5. The van der Waals surface area contributed by atoms with E-state index < -0.39 is 0 Å². The third kappa shape index (κ3) is 8.05. The molecule has 2 heterocycles. The van der Waals surface area contributed by atoms with Crippen molar-refractivity contribution in [1.82, 2.24) is 14.7 Å². The van der Waals surface area contributed by atoms with Gasteiger partial charge in [0.2, 0.25) is 5.91 Å². The maximum Gasteiger partial charge on any atom is 0.245 e. The number of benzene rings is 1. The van der Waals surface area contributed by atoms with Gasteiger partial charge in [-0.25, -0.2) is 4.99 Å². The molecule has 0 radical (unpaired) electrons. The zero-order valence-corrected chi connectivity index (χ0v) is 22.9. The quantitative estimate of drug-likeness (QED) is 0.218. The van der Waals surface area contributed by atoms with Crippen LogP contribution in [0.5, 0.6) is 0 Å². The number of carbonyl (C=O) groups excluding carboxylic acids is 1. The first kappa shape index (κ1) is 28.2. The van der Waals surface area contributed by atoms with E-state index in [1.807, 2.05) is 30.2 Å². The number of aliphatic imine (C=N–C) groups is 1. The number of hydrogen-bond donors (Lipinski definition) is 1. The Bertz CT molecular complexity index is 1050. The molecule has 0 unspecified atom stereocenters. The van der Waals surface area contributed by atoms with Crippen LogP contribution in [0.1, 0.15) is 45.6 Å². The second-order valence-corrected chi connectivity index (χ2v) is 9.92. The van der Waals surface area contributed by atoms with Crippen molar-refractivity contribution in [2.45, 2.75) is 46.6 Å². The monoisotopic (exact) mass is 501 g/mol. The van der Waals surface area contributed by atoms with Gasteiger partial charge in [-0.15, -0.1) is 0 Å². The topological polar surface area (TPSA) is 51.2 Å². The van der Waals surface area contributed by atoms with Gasteiger partial charge >= 0.3 is 0 Å². The molecular formula is C31H43N5O. The van der Waals surface area contributed by atoms with E-state index in [4.69, 9.17) is 0 Å². The molecule has 0 spiro atoms. The molecule has 198 valence electrons. The van der Waals surface area contributed by atoms with Gasteiger partial charge in [0.25, 0.3) is 0 Å². The van der Waals surface area contributed by atoms with Crippen LogP contribution in [0.25, 0.3) is 0 Å². The predicted octanol–water partition coefficient (Wildman–Crippen LogP) is 5.96. The van der Waals surface area contributed by atoms with E-state index in [1.54, 1.807) is 0 Å². The van der Waals surface area contributed by atoms with Gasteiger partial charge in [-0.2, -0.15) is 0 Å². The highest BCUT2D eigenvalue weighted by Gasteiger charge is 2.30. The molecule has 1 N–H and O–H groups in total. The van der Waals surface area contributed by atoms with Gasteiger partial charge in [-0.3, -0.25) is 9.69 Å². The lowest BCUT2D eigenvalue weighted by Gasteiger charge is -2.40. The van der Waals surface area contributed by atoms with Crippen LogP contribution in [0.4, 0.5) is 5.69 Å². The molecule has 0 aromatic heterocycles. The maximum atomic E-state index is 11.7. The minimum Gasteiger partial charge on any atom is -0.344 e. The first-order valence-electron chi connectivity index (χ1n) is 13.4. The highest BCUT2D eigenvalue weighted by Crippen LogP contribution is 2.28. The Morgan fingerprint density at radius 2 is 1.81 bits per heavy atom. The van der Waals surface area contributed by atoms with E-state index in [1.165, 1.54) is 24.5 Å². The lowest BCUT2D eigenvalue weighted by atomic mass is 9.95. The molecule has 1 aromatic rings. The summed E-state index contributed by atoms with van der Waals surface area (Å²) in [5.74, 6) is 1.33. The molecule has 2 aliphatic heterocycles. The number of nitrogens with zero attached hydrogens (tertiary/aromatic N) is 4. The van der Waals surface area contributed by atoms with Crippen molar-refractivity contribution in [2.75, 3.05) is 38.0 Å². The molecule has 3 rings (SSSR count). The number of amidine groups is 1. The molecule has 2 aliphatic rings. The first-order valence-corrected chi connectivity index (χ1v) is 13.4. The minimum atomic E-state index is 0.0135. The molecule has 37 heavy (non-hydrogen) atoms. The average Bonchev–Trinajstić information content (AvgIpc) is 2.85. The predicted molar refractivity (Wildman–Crippen MR) is 156 cm³/mol. The zero-order chi connectivity index (χ0) is 26.8. The van der Waals surface area contributed by atoms with Crippen LogP contribution in [0.15, 0.2) is 90.4 Å². The number of carbonyl (C=O) groups is 1. The van der Waals surface area contributed by atoms with E-state index in [0.29, 0.717) is 5.92 Å². The zero-order valence-electron chi connectivity index (χ0n) is 22.9. The molecule has 6 heteroatoms. The van der Waals surface area contributed by atoms with Crippen molar-refractivity contribution in [3.05, 3.63) is 91.0 Å². The smallest absolute Gasteiger partial charge is 0.245 e. The largest absolute Gasteiger partial charge is 0.344 e. The fourth-order valence-corrected chi connectivity index (χ4v) is 4.73. The Kier molecular flexibility index (Phi) is 10.5. The molecule has 6 nitrogen and oxygen atoms in total. The van der Waals surface area contributed by atoms with Crippen LogP contribution in [-0.4, -0.2) is 59.2 Å². The van der Waals surface area contributed by atoms with E-state index in [2.05, 4.69) is 78.0 Å². The Morgan fingerprint density at radius 1 is 1.14 bits per heavy atom. The van der Waals surface area contributed by atoms with Crippen LogP contribution in [0, 0.1) is 5.92 Å². The summed E-state index contributed by atoms with van der Waals surface area (Å²) >= 11 is 0. The second kappa shape index (κ2) is 13.8. The molecule has 1 amide bonds. The van der Waals surface area contributed by atoms with E-state index in [-0.39, 0.29) is 5.91 Å². The van der Waals surface area contributed by atoms with Gasteiger partial charge in [0, 0.05) is 55.0 Å². The number of likely N-dealkylation sites (tertiary alicyclic amines) is 1. The number of amides is 1. The van der Waals surface area contributed by atoms with Crippen molar-refractivity contribution in [3.8, 4) is 0 Å². The number of nitrogens with one attached hydrogen (secondary N) is 1. The highest BCUT2D eigenvalue weighted by molar-refractivity contribution is 5.94. The molecule has 0 bridgehead atoms. The summed E-state index contributed by atoms with van der Waals surface area (Å²) in [4.78, 5) is 22.8. The van der Waals surface area contributed by atoms with E-state index >= 15 is 0 Å². The summed E-state index contributed by atoms with van der Waals surface area (Å²) in [5.41, 5.74) is 5.15. The average molecular weight is 502 g/mol. The third-order valence-electron chi connectivity index (χ3n) is 6.83. The van der Waals surface area contributed by atoms with Crippen molar-refractivity contribution < 1.29 is 4.79 Å². The molecule has 1 aromatic carbocycles. The van der Waals surface area contributed by atoms with Gasteiger partial charge in [-0.1, -0.05) is 45.7 Å². The van der Waals surface area contributed by atoms with Crippen LogP contribution in [0.3, 0.4) is 0 Å². The van der Waals surface area contributed by atoms with Crippen molar-refractivity contribution in [3.63, 3.8) is 0 Å². The first-order chi connectivity index (χ1) is 17.8. The Labute approximate surface area is 223 Å². The lowest BCUT2D eigenvalue weighted by Crippen LogP contribution is -2.50. The summed E-state index contributed by atoms with van der Waals surface area (Å²) in [6, 6.07) is 8.62. The number of hydrogen-bond acceptors (Lipinski definition) is 4. The molecule has 0 saturated carbocycles. The standard InChI is InChI=1S/C31H43N5O/c1-7-17-34(18-8-2)21-27-11-14-30(15-12-27)33-26(6)32-20-29-13-10-24(4)36(25(29)5)19-16-28-22-35(23-28)31(37)9-3/h9-15,20,28H,3-5,7-8,16-19,21-23H2,1-2,6H3,(H,32,33)/b29-20-. The number of anilines is 1. The van der Waals surface area contributed by atoms with E-state index in [9.17, 15) is 4.79 Å². The van der Waals surface area contributed by atoms with Gasteiger partial charge < -0.3 is 15.1 Å². The van der Waals surface area contributed by atoms with Crippen molar-refractivity contribution >= 4 is 17.4 Å². The third-order valence-corrected chi connectivity index (χ3v) is 6.83. The number of rotatable bonds is 12. The summed E-state index contributed by atoms with van der Waals surface area (Å²) in [7, 11) is 0. The van der Waals surface area contributed by atoms with E-state index in [0.717, 1.165) is 74.2 Å². The van der Waals surface area contributed by atoms with Crippen LogP contribution >= 0.6 is 0 Å². The molecule has 0 aliphatic carbocycles. The molecule has 1 saturated heterocycles. The van der Waals surface area contributed by atoms with Crippen LogP contribution in [-0.2, 0) is 11.3 Å². The Balaban J connectivity index is 1.53. The van der Waals surface area contributed by atoms with Crippen LogP contribution < -0.4 is 5.32 Å². The Hall–Kier alpha value is -3.38. The summed E-state index contributed by atoms with van der Waals surface area (Å²) < 4.78 is 0. The number of allylic oxidation sites excluding steroid dienone is 2. The summed E-state index contributed by atoms with van der Waals surface area (Å²) in [5, 5.41) is 3.39. The fraction of sp³-hybridized carbons (Fsp3) is 0.419. The fourth-order valence-electron chi connectivity index (χ4n) is 4.73. The molecular weight excluding hydrogens is 458 g/mol. The Morgan fingerprint density at radius 3 is 2.43 bits per heavy atom. The highest BCUT2D eigenvalue weighted by atomic mass is 16.2. The van der Waals surface area contributed by atoms with Gasteiger partial charge in [0.05, 0.1) is 0 Å². The molecule has 0 atom stereocenters. The second-order valence-electron chi connectivity index (χ2n) is 9.92. The SMILES string of the molecule is C=CC(=O)N1CC(CCN2C(=C)C=C/C(=C/N=C(C)Nc3ccc(CN(CCC)CCC)cc3)C2=C)C1. The van der Waals surface area contributed by atoms with Gasteiger partial charge in [-0.05, 0) is 81.1 Å².